The molecule has 0 spiro atoms. The van der Waals surface area contributed by atoms with Gasteiger partial charge in [-0.15, -0.1) is 0 Å². The van der Waals surface area contributed by atoms with Crippen molar-refractivity contribution in [3.05, 3.63) is 11.1 Å². The zero-order valence-electron chi connectivity index (χ0n) is 5.37. The monoisotopic (exact) mass is 159 g/mol. The molecule has 1 aliphatic heterocycles. The van der Waals surface area contributed by atoms with Crippen LogP contribution in [0, 0.1) is 0 Å². The highest BCUT2D eigenvalue weighted by atomic mass is 35.5. The lowest BCUT2D eigenvalue weighted by molar-refractivity contribution is -0.125. The van der Waals surface area contributed by atoms with E-state index >= 15 is 0 Å². The minimum atomic E-state index is -0.600. The number of methoxy groups -OCH3 is 1. The molecule has 54 valence electrons. The fourth-order valence-corrected chi connectivity index (χ4v) is 0.790. The summed E-state index contributed by atoms with van der Waals surface area (Å²) in [5.41, 5.74) is 0. The predicted molar refractivity (Wildman–Crippen MR) is 38.2 cm³/mol. The Kier molecular flexibility index (Phi) is 2.19. The summed E-state index contributed by atoms with van der Waals surface area (Å²) >= 11 is 5.54. The largest absolute Gasteiger partial charge is 0.367 e. The number of ether oxygens (including phenoxy) is 1. The summed E-state index contributed by atoms with van der Waals surface area (Å²) in [6.07, 6.45) is 2.22. The van der Waals surface area contributed by atoms with E-state index in [1.165, 1.54) is 19.4 Å². The lowest BCUT2D eigenvalue weighted by atomic mass is 10.2. The molecular formula is C6H6ClNO2. The first-order valence-electron chi connectivity index (χ1n) is 2.72. The highest BCUT2D eigenvalue weighted by Crippen LogP contribution is 2.08. The maximum absolute atomic E-state index is 10.7. The first-order valence-corrected chi connectivity index (χ1v) is 3.10. The number of aliphatic imine (C=N–C) groups is 1. The Labute approximate surface area is 63.3 Å². The third kappa shape index (κ3) is 1.43. The van der Waals surface area contributed by atoms with Crippen LogP contribution in [0.2, 0.25) is 0 Å². The maximum atomic E-state index is 10.7. The molecule has 0 aromatic carbocycles. The zero-order chi connectivity index (χ0) is 7.56. The van der Waals surface area contributed by atoms with Gasteiger partial charge in [0.1, 0.15) is 0 Å². The van der Waals surface area contributed by atoms with Gasteiger partial charge in [-0.2, -0.15) is 0 Å². The Morgan fingerprint density at radius 2 is 2.50 bits per heavy atom. The number of hydrogen-bond donors (Lipinski definition) is 0. The van der Waals surface area contributed by atoms with E-state index in [0.717, 1.165) is 0 Å². The topological polar surface area (TPSA) is 38.7 Å². The van der Waals surface area contributed by atoms with Gasteiger partial charge >= 0.3 is 0 Å². The molecule has 0 saturated heterocycles. The molecule has 0 saturated carbocycles. The Bertz CT molecular complexity index is 210. The molecule has 1 amide bonds. The number of nitrogens with zero attached hydrogens (tertiary/aromatic N) is 1. The highest BCUT2D eigenvalue weighted by molar-refractivity contribution is 6.40. The molecule has 0 radical (unpaired) electrons. The maximum Gasteiger partial charge on any atom is 0.278 e. The summed E-state index contributed by atoms with van der Waals surface area (Å²) in [6.45, 7) is 0. The Morgan fingerprint density at radius 1 is 1.80 bits per heavy atom. The predicted octanol–water partition coefficient (Wildman–Crippen LogP) is 0.735. The van der Waals surface area contributed by atoms with Crippen LogP contribution < -0.4 is 0 Å². The van der Waals surface area contributed by atoms with E-state index in [-0.39, 0.29) is 5.91 Å². The van der Waals surface area contributed by atoms with Crippen LogP contribution in [0.25, 0.3) is 0 Å². The summed E-state index contributed by atoms with van der Waals surface area (Å²) in [6, 6.07) is 0. The lowest BCUT2D eigenvalue weighted by Crippen LogP contribution is -2.21. The van der Waals surface area contributed by atoms with Crippen LogP contribution in [0.3, 0.4) is 0 Å². The van der Waals surface area contributed by atoms with E-state index in [1.807, 2.05) is 0 Å². The molecule has 1 heterocycles. The van der Waals surface area contributed by atoms with Crippen LogP contribution in [0.1, 0.15) is 0 Å². The Morgan fingerprint density at radius 3 is 3.00 bits per heavy atom. The number of dihydropyridines is 1. The van der Waals surface area contributed by atoms with E-state index in [1.54, 1.807) is 0 Å². The quantitative estimate of drug-likeness (QED) is 0.566. The first-order chi connectivity index (χ1) is 4.74. The molecule has 1 rings (SSSR count). The van der Waals surface area contributed by atoms with E-state index in [0.29, 0.717) is 5.03 Å². The van der Waals surface area contributed by atoms with Crippen molar-refractivity contribution in [2.45, 2.75) is 6.10 Å². The van der Waals surface area contributed by atoms with Crippen LogP contribution in [0.4, 0.5) is 0 Å². The third-order valence-corrected chi connectivity index (χ3v) is 1.35. The molecule has 1 atom stereocenters. The fraction of sp³-hybridized carbons (Fsp3) is 0.333. The van der Waals surface area contributed by atoms with Crippen LogP contribution in [-0.4, -0.2) is 25.3 Å². The summed E-state index contributed by atoms with van der Waals surface area (Å²) in [7, 11) is 1.43. The Hall–Kier alpha value is -0.670. The van der Waals surface area contributed by atoms with Crippen LogP contribution in [0.5, 0.6) is 0 Å². The van der Waals surface area contributed by atoms with E-state index in [9.17, 15) is 4.79 Å². The van der Waals surface area contributed by atoms with Crippen molar-refractivity contribution in [1.29, 1.82) is 0 Å². The molecule has 4 heteroatoms. The van der Waals surface area contributed by atoms with Crippen molar-refractivity contribution in [3.63, 3.8) is 0 Å². The van der Waals surface area contributed by atoms with Crippen molar-refractivity contribution in [3.8, 4) is 0 Å². The molecule has 0 aromatic rings. The van der Waals surface area contributed by atoms with Gasteiger partial charge in [-0.3, -0.25) is 4.79 Å². The van der Waals surface area contributed by atoms with Gasteiger partial charge in [-0.25, -0.2) is 4.99 Å². The van der Waals surface area contributed by atoms with Crippen molar-refractivity contribution in [2.75, 3.05) is 7.11 Å². The minimum absolute atomic E-state index is 0.313. The number of amides is 1. The highest BCUT2D eigenvalue weighted by Gasteiger charge is 2.17. The van der Waals surface area contributed by atoms with Crippen molar-refractivity contribution < 1.29 is 9.53 Å². The zero-order valence-corrected chi connectivity index (χ0v) is 6.13. The number of halogens is 1. The first kappa shape index (κ1) is 7.44. The Balaban J connectivity index is 2.76. The molecule has 0 aliphatic carbocycles. The molecule has 0 N–H and O–H groups in total. The molecule has 0 bridgehead atoms. The van der Waals surface area contributed by atoms with E-state index in [4.69, 9.17) is 16.3 Å². The second-order valence-corrected chi connectivity index (χ2v) is 2.24. The van der Waals surface area contributed by atoms with Gasteiger partial charge in [-0.1, -0.05) is 11.6 Å². The van der Waals surface area contributed by atoms with E-state index < -0.39 is 6.10 Å². The van der Waals surface area contributed by atoms with Gasteiger partial charge in [0.15, 0.2) is 6.10 Å². The molecule has 0 aromatic heterocycles. The molecule has 3 nitrogen and oxygen atoms in total. The van der Waals surface area contributed by atoms with Crippen LogP contribution >= 0.6 is 11.6 Å². The number of hydrogen-bond acceptors (Lipinski definition) is 2. The second-order valence-electron chi connectivity index (χ2n) is 1.80. The fourth-order valence-electron chi connectivity index (χ4n) is 0.627. The molecule has 1 aliphatic rings. The summed E-state index contributed by atoms with van der Waals surface area (Å²) < 4.78 is 4.75. The summed E-state index contributed by atoms with van der Waals surface area (Å²) in [4.78, 5) is 14.2. The molecule has 0 fully saturated rings. The molecule has 1 unspecified atom stereocenters. The van der Waals surface area contributed by atoms with Gasteiger partial charge in [0.2, 0.25) is 0 Å². The summed E-state index contributed by atoms with van der Waals surface area (Å²) in [5.74, 6) is -0.313. The van der Waals surface area contributed by atoms with Crippen molar-refractivity contribution >= 4 is 23.7 Å². The van der Waals surface area contributed by atoms with E-state index in [2.05, 4.69) is 4.99 Å². The molecule has 10 heavy (non-hydrogen) atoms. The van der Waals surface area contributed by atoms with Crippen LogP contribution in [0.15, 0.2) is 16.1 Å². The third-order valence-electron chi connectivity index (χ3n) is 1.12. The standard InChI is InChI=1S/C6H6ClNO2/c1-10-5-2-4(7)3-8-6(5)9/h2-3,5H,1H3. The van der Waals surface area contributed by atoms with Gasteiger partial charge in [0.05, 0.1) is 5.03 Å². The second kappa shape index (κ2) is 2.94. The van der Waals surface area contributed by atoms with Crippen molar-refractivity contribution in [2.24, 2.45) is 4.99 Å². The normalized spacial score (nSPS) is 24.8. The minimum Gasteiger partial charge on any atom is -0.367 e. The number of carbonyl (C=O) groups is 1. The number of rotatable bonds is 1. The smallest absolute Gasteiger partial charge is 0.278 e. The summed E-state index contributed by atoms with van der Waals surface area (Å²) in [5, 5.41) is 0.437. The molecular weight excluding hydrogens is 154 g/mol. The van der Waals surface area contributed by atoms with Crippen molar-refractivity contribution in [1.82, 2.24) is 0 Å². The number of carbonyl (C=O) groups excluding carboxylic acids is 1. The SMILES string of the molecule is COC1C=C(Cl)C=NC1=O. The van der Waals surface area contributed by atoms with Crippen LogP contribution in [-0.2, 0) is 9.53 Å². The van der Waals surface area contributed by atoms with Gasteiger partial charge < -0.3 is 4.74 Å². The average molecular weight is 160 g/mol. The van der Waals surface area contributed by atoms with Gasteiger partial charge in [-0.05, 0) is 6.08 Å². The lowest BCUT2D eigenvalue weighted by Gasteiger charge is -2.08. The number of allylic oxidation sites excluding steroid dienone is 1. The van der Waals surface area contributed by atoms with Gasteiger partial charge in [0, 0.05) is 13.3 Å². The van der Waals surface area contributed by atoms with Gasteiger partial charge in [0.25, 0.3) is 5.91 Å². The average Bonchev–Trinajstić information content (AvgIpc) is 1.94.